The lowest BCUT2D eigenvalue weighted by molar-refractivity contribution is -0.704. The standard InChI is InChI=1S/C24H47N2/c1-5-7-8-9-10-11-12-13-14-15-16-17-18-19-20-25-21-22-26(23(3)4)24(25)6-2/h21-23H,5-20H2,1-4H3/q+1. The molecule has 0 N–H and O–H groups in total. The Bertz CT molecular complexity index is 433. The van der Waals surface area contributed by atoms with Gasteiger partial charge in [-0.2, -0.15) is 0 Å². The van der Waals surface area contributed by atoms with E-state index in [0.717, 1.165) is 6.42 Å². The Kier molecular flexibility index (Phi) is 13.7. The molecule has 26 heavy (non-hydrogen) atoms. The van der Waals surface area contributed by atoms with Gasteiger partial charge in [-0.15, -0.1) is 0 Å². The number of imidazole rings is 1. The monoisotopic (exact) mass is 363 g/mol. The van der Waals surface area contributed by atoms with Crippen molar-refractivity contribution in [2.24, 2.45) is 0 Å². The van der Waals surface area contributed by atoms with E-state index >= 15 is 0 Å². The van der Waals surface area contributed by atoms with Crippen LogP contribution in [-0.4, -0.2) is 4.57 Å². The number of aromatic nitrogens is 2. The van der Waals surface area contributed by atoms with Gasteiger partial charge >= 0.3 is 0 Å². The van der Waals surface area contributed by atoms with Gasteiger partial charge in [0.25, 0.3) is 5.82 Å². The smallest absolute Gasteiger partial charge is 0.234 e. The molecule has 0 saturated carbocycles. The van der Waals surface area contributed by atoms with Crippen LogP contribution in [0.5, 0.6) is 0 Å². The van der Waals surface area contributed by atoms with Crippen molar-refractivity contribution >= 4 is 0 Å². The SMILES string of the molecule is CCCCCCCCCCCCCCCC[n+]1ccn(C(C)C)c1CC. The molecule has 0 spiro atoms. The molecule has 0 aliphatic carbocycles. The molecular weight excluding hydrogens is 316 g/mol. The summed E-state index contributed by atoms with van der Waals surface area (Å²) in [6, 6.07) is 0.572. The Morgan fingerprint density at radius 3 is 1.62 bits per heavy atom. The highest BCUT2D eigenvalue weighted by Crippen LogP contribution is 2.13. The van der Waals surface area contributed by atoms with E-state index < -0.39 is 0 Å². The van der Waals surface area contributed by atoms with Gasteiger partial charge in [0.15, 0.2) is 0 Å². The summed E-state index contributed by atoms with van der Waals surface area (Å²) in [5, 5.41) is 0. The van der Waals surface area contributed by atoms with E-state index in [2.05, 4.69) is 49.2 Å². The second-order valence-electron chi connectivity index (χ2n) is 8.36. The highest BCUT2D eigenvalue weighted by Gasteiger charge is 2.16. The maximum atomic E-state index is 2.47. The van der Waals surface area contributed by atoms with E-state index in [1.807, 2.05) is 0 Å². The number of rotatable bonds is 17. The topological polar surface area (TPSA) is 8.81 Å². The summed E-state index contributed by atoms with van der Waals surface area (Å²) in [5.41, 5.74) is 0. The van der Waals surface area contributed by atoms with Gasteiger partial charge in [0, 0.05) is 6.42 Å². The highest BCUT2D eigenvalue weighted by atomic mass is 15.2. The first-order valence-electron chi connectivity index (χ1n) is 11.8. The summed E-state index contributed by atoms with van der Waals surface area (Å²) in [7, 11) is 0. The number of unbranched alkanes of at least 4 members (excludes halogenated alkanes) is 13. The van der Waals surface area contributed by atoms with Crippen LogP contribution in [0.1, 0.15) is 129 Å². The Hall–Kier alpha value is -0.790. The third-order valence-electron chi connectivity index (χ3n) is 5.66. The molecule has 0 saturated heterocycles. The van der Waals surface area contributed by atoms with Gasteiger partial charge in [-0.05, 0) is 26.7 Å². The van der Waals surface area contributed by atoms with Gasteiger partial charge in [-0.1, -0.05) is 90.9 Å². The second-order valence-corrected chi connectivity index (χ2v) is 8.36. The largest absolute Gasteiger partial charge is 0.256 e. The Labute approximate surface area is 164 Å². The van der Waals surface area contributed by atoms with Crippen LogP contribution in [-0.2, 0) is 13.0 Å². The van der Waals surface area contributed by atoms with E-state index in [4.69, 9.17) is 0 Å². The zero-order valence-electron chi connectivity index (χ0n) is 18.4. The predicted octanol–water partition coefficient (Wildman–Crippen LogP) is 7.40. The van der Waals surface area contributed by atoms with E-state index in [0.29, 0.717) is 6.04 Å². The molecule has 1 aromatic heterocycles. The average molecular weight is 364 g/mol. The quantitative estimate of drug-likeness (QED) is 0.201. The normalized spacial score (nSPS) is 11.6. The molecule has 0 aliphatic heterocycles. The third-order valence-corrected chi connectivity index (χ3v) is 5.66. The van der Waals surface area contributed by atoms with Gasteiger partial charge in [-0.25, -0.2) is 9.13 Å². The first-order valence-corrected chi connectivity index (χ1v) is 11.8. The van der Waals surface area contributed by atoms with Crippen molar-refractivity contribution in [1.82, 2.24) is 4.57 Å². The van der Waals surface area contributed by atoms with Crippen molar-refractivity contribution in [2.45, 2.75) is 137 Å². The lowest BCUT2D eigenvalue weighted by Gasteiger charge is -2.06. The molecule has 0 fully saturated rings. The molecule has 0 radical (unpaired) electrons. The van der Waals surface area contributed by atoms with Crippen LogP contribution in [0.25, 0.3) is 0 Å². The summed E-state index contributed by atoms with van der Waals surface area (Å²) < 4.78 is 4.89. The van der Waals surface area contributed by atoms with Crippen molar-refractivity contribution in [2.75, 3.05) is 0 Å². The number of hydrogen-bond acceptors (Lipinski definition) is 0. The van der Waals surface area contributed by atoms with Crippen molar-refractivity contribution in [3.05, 3.63) is 18.2 Å². The van der Waals surface area contributed by atoms with Crippen molar-refractivity contribution < 1.29 is 4.57 Å². The fourth-order valence-electron chi connectivity index (χ4n) is 4.01. The fourth-order valence-corrected chi connectivity index (χ4v) is 4.01. The van der Waals surface area contributed by atoms with Gasteiger partial charge in [0.2, 0.25) is 0 Å². The van der Waals surface area contributed by atoms with Crippen LogP contribution in [0, 0.1) is 0 Å². The lowest BCUT2D eigenvalue weighted by Crippen LogP contribution is -2.37. The van der Waals surface area contributed by atoms with Crippen LogP contribution in [0.2, 0.25) is 0 Å². The molecule has 2 nitrogen and oxygen atoms in total. The number of aryl methyl sites for hydroxylation is 1. The number of hydrogen-bond donors (Lipinski definition) is 0. The predicted molar refractivity (Wildman–Crippen MR) is 115 cm³/mol. The second kappa shape index (κ2) is 15.3. The Morgan fingerprint density at radius 2 is 1.19 bits per heavy atom. The molecule has 1 aromatic rings. The zero-order valence-corrected chi connectivity index (χ0v) is 18.4. The molecule has 0 atom stereocenters. The molecular formula is C24H47N2+. The van der Waals surface area contributed by atoms with Gasteiger partial charge in [-0.3, -0.25) is 0 Å². The average Bonchev–Trinajstić information content (AvgIpc) is 3.05. The molecule has 2 heteroatoms. The molecule has 0 aliphatic rings. The van der Waals surface area contributed by atoms with Crippen LogP contribution >= 0.6 is 0 Å². The molecule has 0 unspecified atom stereocenters. The van der Waals surface area contributed by atoms with Crippen molar-refractivity contribution in [3.8, 4) is 0 Å². The lowest BCUT2D eigenvalue weighted by atomic mass is 10.0. The summed E-state index contributed by atoms with van der Waals surface area (Å²) in [5.74, 6) is 1.48. The molecule has 152 valence electrons. The van der Waals surface area contributed by atoms with E-state index in [9.17, 15) is 0 Å². The van der Waals surface area contributed by atoms with Crippen molar-refractivity contribution in [1.29, 1.82) is 0 Å². The Morgan fingerprint density at radius 1 is 0.731 bits per heavy atom. The van der Waals surface area contributed by atoms with E-state index in [1.165, 1.54) is 102 Å². The minimum atomic E-state index is 0.572. The van der Waals surface area contributed by atoms with Crippen molar-refractivity contribution in [3.63, 3.8) is 0 Å². The summed E-state index contributed by atoms with van der Waals surface area (Å²) >= 11 is 0. The fraction of sp³-hybridized carbons (Fsp3) is 0.875. The first kappa shape index (κ1) is 23.2. The van der Waals surface area contributed by atoms with Gasteiger partial charge < -0.3 is 0 Å². The molecule has 1 heterocycles. The third kappa shape index (κ3) is 9.78. The summed E-state index contributed by atoms with van der Waals surface area (Å²) in [6.07, 6.45) is 25.7. The number of nitrogens with zero attached hydrogens (tertiary/aromatic N) is 2. The molecule has 0 bridgehead atoms. The molecule has 1 rings (SSSR count). The van der Waals surface area contributed by atoms with E-state index in [1.54, 1.807) is 0 Å². The highest BCUT2D eigenvalue weighted by molar-refractivity contribution is 4.85. The maximum Gasteiger partial charge on any atom is 0.256 e. The summed E-state index contributed by atoms with van der Waals surface area (Å²) in [4.78, 5) is 0. The van der Waals surface area contributed by atoms with Crippen LogP contribution in [0.15, 0.2) is 12.4 Å². The first-order chi connectivity index (χ1) is 12.7. The zero-order chi connectivity index (χ0) is 19.0. The molecule has 0 amide bonds. The maximum absolute atomic E-state index is 2.47. The van der Waals surface area contributed by atoms with Crippen LogP contribution < -0.4 is 4.57 Å². The molecule has 0 aromatic carbocycles. The van der Waals surface area contributed by atoms with E-state index in [-0.39, 0.29) is 0 Å². The minimum absolute atomic E-state index is 0.572. The Balaban J connectivity index is 1.94. The summed E-state index contributed by atoms with van der Waals surface area (Å²) in [6.45, 7) is 10.3. The van der Waals surface area contributed by atoms with Gasteiger partial charge in [0.1, 0.15) is 12.4 Å². The van der Waals surface area contributed by atoms with Gasteiger partial charge in [0.05, 0.1) is 12.6 Å². The van der Waals surface area contributed by atoms with Crippen LogP contribution in [0.3, 0.4) is 0 Å². The minimum Gasteiger partial charge on any atom is -0.234 e. The van der Waals surface area contributed by atoms with Crippen LogP contribution in [0.4, 0.5) is 0 Å².